The van der Waals surface area contributed by atoms with E-state index in [0.29, 0.717) is 11.6 Å². The van der Waals surface area contributed by atoms with Crippen LogP contribution in [0, 0.1) is 0 Å². The van der Waals surface area contributed by atoms with Crippen LogP contribution in [0.3, 0.4) is 0 Å². The number of fused-ring (bicyclic) bond motifs is 2. The number of benzene rings is 9. The van der Waals surface area contributed by atoms with Gasteiger partial charge in [-0.3, -0.25) is 9.97 Å². The van der Waals surface area contributed by atoms with Crippen LogP contribution in [-0.4, -0.2) is 29.9 Å². The highest BCUT2D eigenvalue weighted by Crippen LogP contribution is 2.56. The van der Waals surface area contributed by atoms with Crippen LogP contribution < -0.4 is 0 Å². The number of nitrogens with zero attached hydrogens (tertiary/aromatic N) is 6. The largest absolute Gasteiger partial charge is 0.256 e. The highest BCUT2D eigenvalue weighted by atomic mass is 14.9. The molecule has 0 saturated carbocycles. The fourth-order valence-corrected chi connectivity index (χ4v) is 11.6. The first-order valence-corrected chi connectivity index (χ1v) is 25.8. The Morgan fingerprint density at radius 2 is 0.566 bits per heavy atom. The fraction of sp³-hybridized carbons (Fsp3) is 0.0286. The lowest BCUT2D eigenvalue weighted by Crippen LogP contribution is -2.27. The first kappa shape index (κ1) is 43.5. The Labute approximate surface area is 439 Å². The van der Waals surface area contributed by atoms with Gasteiger partial charge in [-0.1, -0.05) is 182 Å². The summed E-state index contributed by atoms with van der Waals surface area (Å²) < 4.78 is 0. The normalized spacial score (nSPS) is 14.1. The number of rotatable bonds is 8. The van der Waals surface area contributed by atoms with Gasteiger partial charge in [0.15, 0.2) is 11.6 Å². The number of hydrogen-bond donors (Lipinski definition) is 0. The minimum atomic E-state index is 0.0277. The number of aromatic nitrogens is 6. The van der Waals surface area contributed by atoms with Gasteiger partial charge in [-0.2, -0.15) is 0 Å². The standard InChI is InChI=1S/C70H44N6/c1-3-11-45(12-4-1)63-41-65(47-23-19-43(20-24-47)49-29-33-61-51(37-49)15-9-35-71-61)75-69(73-63)53-27-31-57-59(39-53)67-55-17-7-8-18-56(55)68(57)60-40-54(28-32-58(60)67)70-74-64(46-13-5-2-6-14-46)42-66(76-70)48-25-21-44(22-26-48)50-30-34-62-52(38-50)16-10-36-72-62/h1-42,67-68H/t67-,68?/m1/s1. The Kier molecular flexibility index (Phi) is 10.2. The van der Waals surface area contributed by atoms with Crippen LogP contribution in [0.15, 0.2) is 255 Å². The molecule has 0 aliphatic heterocycles. The maximum Gasteiger partial charge on any atom is 0.160 e. The summed E-state index contributed by atoms with van der Waals surface area (Å²) in [5.74, 6) is 1.45. The molecule has 0 N–H and O–H groups in total. The third-order valence-electron chi connectivity index (χ3n) is 15.4. The lowest BCUT2D eigenvalue weighted by atomic mass is 9.61. The fourth-order valence-electron chi connectivity index (χ4n) is 11.6. The van der Waals surface area contributed by atoms with Crippen molar-refractivity contribution in [3.63, 3.8) is 0 Å². The second kappa shape index (κ2) is 17.9. The smallest absolute Gasteiger partial charge is 0.160 e. The van der Waals surface area contributed by atoms with E-state index in [1.807, 2.05) is 36.7 Å². The molecule has 0 saturated heterocycles. The average molecular weight is 969 g/mol. The molecule has 6 heteroatoms. The molecule has 13 aromatic rings. The van der Waals surface area contributed by atoms with Gasteiger partial charge >= 0.3 is 0 Å². The van der Waals surface area contributed by atoms with Crippen molar-refractivity contribution in [1.82, 2.24) is 29.9 Å². The highest BCUT2D eigenvalue weighted by molar-refractivity contribution is 5.87. The summed E-state index contributed by atoms with van der Waals surface area (Å²) in [4.78, 5) is 30.3. The van der Waals surface area contributed by atoms with E-state index in [1.165, 1.54) is 33.4 Å². The second-order valence-corrected chi connectivity index (χ2v) is 19.8. The maximum atomic E-state index is 5.34. The number of hydrogen-bond acceptors (Lipinski definition) is 6. The zero-order valence-electron chi connectivity index (χ0n) is 41.1. The van der Waals surface area contributed by atoms with Crippen LogP contribution in [0.1, 0.15) is 45.2 Å². The van der Waals surface area contributed by atoms with E-state index < -0.39 is 0 Å². The molecule has 76 heavy (non-hydrogen) atoms. The lowest BCUT2D eigenvalue weighted by molar-refractivity contribution is 0.754. The van der Waals surface area contributed by atoms with Crippen LogP contribution in [0.25, 0.3) is 112 Å². The predicted octanol–water partition coefficient (Wildman–Crippen LogP) is 16.7. The van der Waals surface area contributed by atoms with E-state index >= 15 is 0 Å². The van der Waals surface area contributed by atoms with Crippen LogP contribution in [0.5, 0.6) is 0 Å². The van der Waals surface area contributed by atoms with Crippen molar-refractivity contribution in [2.75, 3.05) is 0 Å². The van der Waals surface area contributed by atoms with Crippen molar-refractivity contribution >= 4 is 21.8 Å². The van der Waals surface area contributed by atoms with Crippen LogP contribution in [-0.2, 0) is 0 Å². The van der Waals surface area contributed by atoms with E-state index in [4.69, 9.17) is 19.9 Å². The van der Waals surface area contributed by atoms with Crippen molar-refractivity contribution in [3.8, 4) is 90.1 Å². The third-order valence-corrected chi connectivity index (χ3v) is 15.4. The minimum absolute atomic E-state index is 0.0277. The Bertz CT molecular complexity index is 4120. The minimum Gasteiger partial charge on any atom is -0.256 e. The lowest BCUT2D eigenvalue weighted by Gasteiger charge is -2.42. The van der Waals surface area contributed by atoms with E-state index in [2.05, 4.69) is 228 Å². The highest BCUT2D eigenvalue weighted by Gasteiger charge is 2.41. The summed E-state index contributed by atoms with van der Waals surface area (Å²) >= 11 is 0. The van der Waals surface area contributed by atoms with Crippen LogP contribution >= 0.6 is 0 Å². The first-order chi connectivity index (χ1) is 37.6. The summed E-state index contributed by atoms with van der Waals surface area (Å²) in [5.41, 5.74) is 24.1. The molecule has 4 aromatic heterocycles. The van der Waals surface area contributed by atoms with Gasteiger partial charge in [0.1, 0.15) is 0 Å². The maximum absolute atomic E-state index is 5.34. The van der Waals surface area contributed by atoms with Crippen molar-refractivity contribution in [2.24, 2.45) is 0 Å². The van der Waals surface area contributed by atoms with Crippen molar-refractivity contribution in [3.05, 3.63) is 288 Å². The summed E-state index contributed by atoms with van der Waals surface area (Å²) in [7, 11) is 0. The van der Waals surface area contributed by atoms with Gasteiger partial charge in [0.2, 0.25) is 0 Å². The number of pyridine rings is 2. The molecule has 0 radical (unpaired) electrons. The molecule has 3 aliphatic carbocycles. The van der Waals surface area contributed by atoms with Gasteiger partial charge in [-0.25, -0.2) is 19.9 Å². The molecule has 4 heterocycles. The average Bonchev–Trinajstić information content (AvgIpc) is 3.58. The summed E-state index contributed by atoms with van der Waals surface area (Å²) in [6, 6.07) is 86.3. The zero-order valence-corrected chi connectivity index (χ0v) is 41.1. The molecule has 354 valence electrons. The van der Waals surface area contributed by atoms with Gasteiger partial charge < -0.3 is 0 Å². The second-order valence-electron chi connectivity index (χ2n) is 19.8. The van der Waals surface area contributed by atoms with E-state index in [1.54, 1.807) is 0 Å². The first-order valence-electron chi connectivity index (χ1n) is 25.8. The summed E-state index contributed by atoms with van der Waals surface area (Å²) in [5, 5.41) is 2.24. The van der Waals surface area contributed by atoms with Crippen molar-refractivity contribution < 1.29 is 0 Å². The molecule has 2 bridgehead atoms. The summed E-state index contributed by atoms with van der Waals surface area (Å²) in [6.45, 7) is 0. The van der Waals surface area contributed by atoms with E-state index in [-0.39, 0.29) is 11.8 Å². The molecule has 3 aliphatic rings. The summed E-state index contributed by atoms with van der Waals surface area (Å²) in [6.07, 6.45) is 3.67. The van der Waals surface area contributed by atoms with Gasteiger partial charge in [0.25, 0.3) is 0 Å². The molecule has 0 amide bonds. The predicted molar refractivity (Wildman–Crippen MR) is 306 cm³/mol. The molecule has 9 aromatic carbocycles. The molecule has 1 unspecified atom stereocenters. The quantitative estimate of drug-likeness (QED) is 0.151. The van der Waals surface area contributed by atoms with Gasteiger partial charge in [0, 0.05) is 68.4 Å². The Hall–Kier alpha value is -10.0. The SMILES string of the molecule is c1ccc(-c2cc(-c3ccc(-c4ccc5ncccc5c4)cc3)nc(-c3ccc4c(c3)C3c5ccccc5[C@H]4c4cc(-c5nc(-c6ccccc6)cc(-c6ccc(-c7ccc8ncccc8c7)cc6)n5)ccc43)n2)cc1. The van der Waals surface area contributed by atoms with E-state index in [9.17, 15) is 0 Å². The molecule has 16 rings (SSSR count). The Morgan fingerprint density at radius 1 is 0.224 bits per heavy atom. The van der Waals surface area contributed by atoms with Crippen LogP contribution in [0.4, 0.5) is 0 Å². The molecule has 6 nitrogen and oxygen atoms in total. The molecule has 2 atom stereocenters. The molecule has 0 spiro atoms. The molecular weight excluding hydrogens is 925 g/mol. The molecular formula is C70H44N6. The Balaban J connectivity index is 0.801. The van der Waals surface area contributed by atoms with Gasteiger partial charge in [0.05, 0.1) is 33.8 Å². The third kappa shape index (κ3) is 7.57. The van der Waals surface area contributed by atoms with Crippen molar-refractivity contribution in [2.45, 2.75) is 11.8 Å². The van der Waals surface area contributed by atoms with Gasteiger partial charge in [-0.15, -0.1) is 0 Å². The molecule has 0 fully saturated rings. The van der Waals surface area contributed by atoms with Crippen LogP contribution in [0.2, 0.25) is 0 Å². The van der Waals surface area contributed by atoms with Gasteiger partial charge in [-0.05, 0) is 116 Å². The van der Waals surface area contributed by atoms with Crippen molar-refractivity contribution in [1.29, 1.82) is 0 Å². The topological polar surface area (TPSA) is 77.3 Å². The Morgan fingerprint density at radius 3 is 0.987 bits per heavy atom. The zero-order chi connectivity index (χ0) is 50.1. The monoisotopic (exact) mass is 968 g/mol. The van der Waals surface area contributed by atoms with E-state index in [0.717, 1.165) is 100 Å².